The standard InChI is InChI=1S/C15H31/c1-6-8-9-14(4)12-15(5)11-10-13(3)7-2/h13-15H,2,6-12H2,1,3-5H3. The summed E-state index contributed by atoms with van der Waals surface area (Å²) in [6.45, 7) is 13.4. The minimum atomic E-state index is 0.818. The molecule has 0 aromatic heterocycles. The van der Waals surface area contributed by atoms with Gasteiger partial charge in [-0.2, -0.15) is 0 Å². The van der Waals surface area contributed by atoms with Crippen molar-refractivity contribution in [3.05, 3.63) is 6.92 Å². The van der Waals surface area contributed by atoms with Gasteiger partial charge in [0.15, 0.2) is 0 Å². The van der Waals surface area contributed by atoms with Gasteiger partial charge in [-0.3, -0.25) is 0 Å². The van der Waals surface area contributed by atoms with Gasteiger partial charge in [0, 0.05) is 0 Å². The van der Waals surface area contributed by atoms with Crippen molar-refractivity contribution in [2.75, 3.05) is 0 Å². The summed E-state index contributed by atoms with van der Waals surface area (Å²) >= 11 is 0. The predicted molar refractivity (Wildman–Crippen MR) is 70.8 cm³/mol. The summed E-state index contributed by atoms with van der Waals surface area (Å²) in [7, 11) is 0. The molecule has 0 spiro atoms. The molecule has 0 aliphatic rings. The topological polar surface area (TPSA) is 0 Å². The molecule has 0 rings (SSSR count). The normalized spacial score (nSPS) is 17.4. The van der Waals surface area contributed by atoms with Crippen molar-refractivity contribution in [3.63, 3.8) is 0 Å². The molecule has 0 amide bonds. The van der Waals surface area contributed by atoms with E-state index in [1.165, 1.54) is 38.5 Å². The predicted octanol–water partition coefficient (Wildman–Crippen LogP) is 5.48. The maximum atomic E-state index is 3.96. The lowest BCUT2D eigenvalue weighted by molar-refractivity contribution is 0.344. The molecule has 3 unspecified atom stereocenters. The van der Waals surface area contributed by atoms with Crippen molar-refractivity contribution in [2.24, 2.45) is 17.8 Å². The monoisotopic (exact) mass is 211 g/mol. The first kappa shape index (κ1) is 15.0. The van der Waals surface area contributed by atoms with Crippen LogP contribution in [0.1, 0.15) is 72.6 Å². The molecular formula is C15H31. The van der Waals surface area contributed by atoms with Crippen LogP contribution in [0.5, 0.6) is 0 Å². The summed E-state index contributed by atoms with van der Waals surface area (Å²) in [4.78, 5) is 0. The highest BCUT2D eigenvalue weighted by Gasteiger charge is 2.09. The molecule has 0 aromatic rings. The average Bonchev–Trinajstić information content (AvgIpc) is 2.22. The van der Waals surface area contributed by atoms with Crippen molar-refractivity contribution in [2.45, 2.75) is 72.6 Å². The molecule has 91 valence electrons. The van der Waals surface area contributed by atoms with E-state index in [-0.39, 0.29) is 0 Å². The van der Waals surface area contributed by atoms with E-state index in [9.17, 15) is 0 Å². The molecule has 0 fully saturated rings. The summed E-state index contributed by atoms with van der Waals surface area (Å²) < 4.78 is 0. The third kappa shape index (κ3) is 8.96. The lowest BCUT2D eigenvalue weighted by Gasteiger charge is -2.18. The lowest BCUT2D eigenvalue weighted by atomic mass is 9.88. The lowest BCUT2D eigenvalue weighted by Crippen LogP contribution is -2.05. The molecule has 0 heteroatoms. The van der Waals surface area contributed by atoms with E-state index in [4.69, 9.17) is 0 Å². The van der Waals surface area contributed by atoms with Crippen LogP contribution in [0.25, 0.3) is 0 Å². The molecular weight excluding hydrogens is 180 g/mol. The number of unbranched alkanes of at least 4 members (excludes halogenated alkanes) is 1. The third-order valence-electron chi connectivity index (χ3n) is 3.50. The molecule has 3 atom stereocenters. The van der Waals surface area contributed by atoms with Gasteiger partial charge in [-0.1, -0.05) is 73.1 Å². The van der Waals surface area contributed by atoms with E-state index in [0.29, 0.717) is 0 Å². The van der Waals surface area contributed by atoms with Gasteiger partial charge in [0.1, 0.15) is 0 Å². The molecule has 1 radical (unpaired) electrons. The van der Waals surface area contributed by atoms with Crippen molar-refractivity contribution in [1.82, 2.24) is 0 Å². The number of hydrogen-bond donors (Lipinski definition) is 0. The van der Waals surface area contributed by atoms with Crippen LogP contribution < -0.4 is 0 Å². The van der Waals surface area contributed by atoms with Crippen molar-refractivity contribution in [1.29, 1.82) is 0 Å². The van der Waals surface area contributed by atoms with Crippen molar-refractivity contribution < 1.29 is 0 Å². The summed E-state index contributed by atoms with van der Waals surface area (Å²) in [5.74, 6) is 2.65. The van der Waals surface area contributed by atoms with E-state index in [2.05, 4.69) is 34.6 Å². The first-order chi connectivity index (χ1) is 7.10. The first-order valence-corrected chi connectivity index (χ1v) is 6.89. The molecule has 0 nitrogen and oxygen atoms in total. The highest BCUT2D eigenvalue weighted by molar-refractivity contribution is 4.63. The summed E-state index contributed by atoms with van der Waals surface area (Å²) in [5.41, 5.74) is 0. The van der Waals surface area contributed by atoms with Gasteiger partial charge in [-0.05, 0) is 24.2 Å². The Morgan fingerprint density at radius 3 is 1.93 bits per heavy atom. The Labute approximate surface area is 97.8 Å². The van der Waals surface area contributed by atoms with Crippen LogP contribution in [0, 0.1) is 24.7 Å². The maximum absolute atomic E-state index is 3.96. The Balaban J connectivity index is 3.50. The van der Waals surface area contributed by atoms with Crippen molar-refractivity contribution >= 4 is 0 Å². The second-order valence-electron chi connectivity index (χ2n) is 5.56. The smallest absolute Gasteiger partial charge is 0.0440 e. The molecule has 0 saturated carbocycles. The van der Waals surface area contributed by atoms with E-state index >= 15 is 0 Å². The second kappa shape index (κ2) is 9.24. The van der Waals surface area contributed by atoms with E-state index in [1.807, 2.05) is 0 Å². The Kier molecular flexibility index (Phi) is 9.24. The first-order valence-electron chi connectivity index (χ1n) is 6.89. The van der Waals surface area contributed by atoms with Gasteiger partial charge < -0.3 is 0 Å². The van der Waals surface area contributed by atoms with Crippen LogP contribution in [-0.4, -0.2) is 0 Å². The van der Waals surface area contributed by atoms with E-state index < -0.39 is 0 Å². The average molecular weight is 211 g/mol. The van der Waals surface area contributed by atoms with Crippen LogP contribution in [0.2, 0.25) is 0 Å². The SMILES string of the molecule is [CH2]CC(C)CCC(C)CC(C)CCCC. The fourth-order valence-electron chi connectivity index (χ4n) is 2.19. The zero-order valence-corrected chi connectivity index (χ0v) is 11.4. The minimum Gasteiger partial charge on any atom is -0.0654 e. The van der Waals surface area contributed by atoms with Crippen LogP contribution in [-0.2, 0) is 0 Å². The third-order valence-corrected chi connectivity index (χ3v) is 3.50. The highest BCUT2D eigenvalue weighted by atomic mass is 14.2. The van der Waals surface area contributed by atoms with Crippen LogP contribution in [0.4, 0.5) is 0 Å². The molecule has 0 N–H and O–H groups in total. The highest BCUT2D eigenvalue weighted by Crippen LogP contribution is 2.23. The summed E-state index contributed by atoms with van der Waals surface area (Å²) in [6, 6.07) is 0. The van der Waals surface area contributed by atoms with Gasteiger partial charge in [-0.15, -0.1) is 0 Å². The fourth-order valence-corrected chi connectivity index (χ4v) is 2.19. The fraction of sp³-hybridized carbons (Fsp3) is 0.933. The van der Waals surface area contributed by atoms with Gasteiger partial charge in [0.05, 0.1) is 0 Å². The van der Waals surface area contributed by atoms with Crippen LogP contribution in [0.3, 0.4) is 0 Å². The zero-order chi connectivity index (χ0) is 11.7. The zero-order valence-electron chi connectivity index (χ0n) is 11.4. The van der Waals surface area contributed by atoms with Crippen LogP contribution in [0.15, 0.2) is 0 Å². The summed E-state index contributed by atoms with van der Waals surface area (Å²) in [6.07, 6.45) is 9.45. The Morgan fingerprint density at radius 1 is 0.867 bits per heavy atom. The Hall–Kier alpha value is 0. The molecule has 0 saturated heterocycles. The maximum Gasteiger partial charge on any atom is -0.0440 e. The molecule has 0 aromatic carbocycles. The van der Waals surface area contributed by atoms with Gasteiger partial charge >= 0.3 is 0 Å². The van der Waals surface area contributed by atoms with Crippen LogP contribution >= 0.6 is 0 Å². The van der Waals surface area contributed by atoms with E-state index in [0.717, 1.165) is 24.2 Å². The number of hydrogen-bond acceptors (Lipinski definition) is 0. The quantitative estimate of drug-likeness (QED) is 0.474. The second-order valence-corrected chi connectivity index (χ2v) is 5.56. The number of rotatable bonds is 9. The molecule has 0 aliphatic carbocycles. The van der Waals surface area contributed by atoms with E-state index in [1.54, 1.807) is 0 Å². The van der Waals surface area contributed by atoms with Crippen molar-refractivity contribution in [3.8, 4) is 0 Å². The van der Waals surface area contributed by atoms with Gasteiger partial charge in [-0.25, -0.2) is 0 Å². The minimum absolute atomic E-state index is 0.818. The van der Waals surface area contributed by atoms with Gasteiger partial charge in [0.25, 0.3) is 0 Å². The Bertz CT molecular complexity index is 128. The largest absolute Gasteiger partial charge is 0.0654 e. The molecule has 15 heavy (non-hydrogen) atoms. The molecule has 0 aliphatic heterocycles. The molecule has 0 bridgehead atoms. The summed E-state index contributed by atoms with van der Waals surface area (Å²) in [5, 5.41) is 0. The molecule has 0 heterocycles. The Morgan fingerprint density at radius 2 is 1.40 bits per heavy atom. The van der Waals surface area contributed by atoms with Gasteiger partial charge in [0.2, 0.25) is 0 Å².